The number of nitrogens with zero attached hydrogens (tertiary/aromatic N) is 2. The van der Waals surface area contributed by atoms with E-state index in [0.717, 1.165) is 9.75 Å². The fourth-order valence-corrected chi connectivity index (χ4v) is 3.28. The van der Waals surface area contributed by atoms with E-state index in [1.807, 2.05) is 19.9 Å². The van der Waals surface area contributed by atoms with Gasteiger partial charge in [0, 0.05) is 33.5 Å². The van der Waals surface area contributed by atoms with Crippen molar-refractivity contribution in [1.82, 2.24) is 10.2 Å². The first-order valence-electron chi connectivity index (χ1n) is 7.12. The van der Waals surface area contributed by atoms with Gasteiger partial charge < -0.3 is 5.32 Å². The third-order valence-corrected chi connectivity index (χ3v) is 4.44. The summed E-state index contributed by atoms with van der Waals surface area (Å²) >= 11 is 1.56. The molecule has 1 amide bonds. The largest absolute Gasteiger partial charge is 0.305 e. The monoisotopic (exact) mass is 342 g/mol. The molecule has 8 heteroatoms. The van der Waals surface area contributed by atoms with E-state index >= 15 is 0 Å². The highest BCUT2D eigenvalue weighted by Crippen LogP contribution is 2.25. The lowest BCUT2D eigenvalue weighted by Crippen LogP contribution is -2.12. The number of thiophene rings is 1. The Balaban J connectivity index is 1.81. The van der Waals surface area contributed by atoms with Crippen LogP contribution in [-0.4, -0.2) is 21.0 Å². The summed E-state index contributed by atoms with van der Waals surface area (Å²) in [5.74, 6) is 0.138. The average Bonchev–Trinajstić information content (AvgIpc) is 3.13. The first-order valence-corrected chi connectivity index (χ1v) is 7.94. The summed E-state index contributed by atoms with van der Waals surface area (Å²) in [6, 6.07) is 9.69. The van der Waals surface area contributed by atoms with E-state index in [1.165, 1.54) is 12.1 Å². The van der Waals surface area contributed by atoms with Crippen LogP contribution in [0.3, 0.4) is 0 Å². The molecule has 2 aromatic heterocycles. The van der Waals surface area contributed by atoms with Crippen molar-refractivity contribution in [2.75, 3.05) is 5.32 Å². The summed E-state index contributed by atoms with van der Waals surface area (Å²) in [6.07, 6.45) is 0. The van der Waals surface area contributed by atoms with Crippen LogP contribution < -0.4 is 5.32 Å². The number of rotatable bonds is 4. The molecule has 0 aliphatic rings. The number of benzene rings is 1. The van der Waals surface area contributed by atoms with Crippen molar-refractivity contribution in [2.45, 2.75) is 13.8 Å². The van der Waals surface area contributed by atoms with Crippen molar-refractivity contribution in [2.24, 2.45) is 0 Å². The Hall–Kier alpha value is -3.00. The molecule has 0 atom stereocenters. The number of non-ortho nitro benzene ring substituents is 1. The Morgan fingerprint density at radius 2 is 2.08 bits per heavy atom. The van der Waals surface area contributed by atoms with Gasteiger partial charge in [-0.3, -0.25) is 20.0 Å². The highest BCUT2D eigenvalue weighted by atomic mass is 32.1. The number of hydrogen-bond acceptors (Lipinski definition) is 5. The number of aryl methyl sites for hydroxylation is 2. The number of nitro groups is 1. The van der Waals surface area contributed by atoms with Crippen LogP contribution in [0.2, 0.25) is 0 Å². The van der Waals surface area contributed by atoms with Crippen molar-refractivity contribution in [3.05, 3.63) is 61.8 Å². The molecular formula is C16H14N4O3S. The highest BCUT2D eigenvalue weighted by Gasteiger charge is 2.14. The highest BCUT2D eigenvalue weighted by molar-refractivity contribution is 7.12. The van der Waals surface area contributed by atoms with Gasteiger partial charge in [0.15, 0.2) is 5.82 Å². The zero-order valence-electron chi connectivity index (χ0n) is 13.0. The molecule has 0 bridgehead atoms. The number of nitro benzene ring substituents is 1. The summed E-state index contributed by atoms with van der Waals surface area (Å²) < 4.78 is 0. The second-order valence-electron chi connectivity index (χ2n) is 5.26. The molecule has 0 saturated carbocycles. The number of H-pyrrole nitrogens is 1. The molecule has 7 nitrogen and oxygen atoms in total. The quantitative estimate of drug-likeness (QED) is 0.554. The zero-order chi connectivity index (χ0) is 17.3. The Labute approximate surface area is 141 Å². The van der Waals surface area contributed by atoms with Crippen LogP contribution >= 0.6 is 11.3 Å². The van der Waals surface area contributed by atoms with E-state index in [0.29, 0.717) is 22.6 Å². The van der Waals surface area contributed by atoms with Crippen LogP contribution in [0.15, 0.2) is 36.4 Å². The molecule has 3 aromatic rings. The molecule has 0 saturated heterocycles. The maximum absolute atomic E-state index is 12.3. The first-order chi connectivity index (χ1) is 11.4. The molecule has 24 heavy (non-hydrogen) atoms. The fraction of sp³-hybridized carbons (Fsp3) is 0.125. The number of carbonyl (C=O) groups is 1. The van der Waals surface area contributed by atoms with Gasteiger partial charge >= 0.3 is 0 Å². The smallest absolute Gasteiger partial charge is 0.270 e. The topological polar surface area (TPSA) is 101 Å². The SMILES string of the molecule is Cc1cc(C(=O)Nc2cc(-c3cccc([N+](=O)[O-])c3)[nH]n2)c(C)s1. The minimum atomic E-state index is -0.454. The summed E-state index contributed by atoms with van der Waals surface area (Å²) in [4.78, 5) is 24.7. The molecule has 1 aromatic carbocycles. The second kappa shape index (κ2) is 6.25. The van der Waals surface area contributed by atoms with E-state index in [4.69, 9.17) is 0 Å². The third-order valence-electron chi connectivity index (χ3n) is 3.47. The number of aromatic amines is 1. The predicted octanol–water partition coefficient (Wildman–Crippen LogP) is 3.92. The van der Waals surface area contributed by atoms with Gasteiger partial charge in [-0.1, -0.05) is 12.1 Å². The molecule has 0 radical (unpaired) electrons. The van der Waals surface area contributed by atoms with Gasteiger partial charge in [0.2, 0.25) is 0 Å². The Kier molecular flexibility index (Phi) is 4.13. The van der Waals surface area contributed by atoms with Gasteiger partial charge in [0.05, 0.1) is 16.2 Å². The average molecular weight is 342 g/mol. The van der Waals surface area contributed by atoms with Crippen molar-refractivity contribution in [3.8, 4) is 11.3 Å². The molecule has 0 spiro atoms. The molecule has 2 heterocycles. The number of amides is 1. The van der Waals surface area contributed by atoms with Crippen LogP contribution in [0.4, 0.5) is 11.5 Å². The van der Waals surface area contributed by atoms with Crippen LogP contribution in [0.5, 0.6) is 0 Å². The van der Waals surface area contributed by atoms with Gasteiger partial charge in [-0.25, -0.2) is 0 Å². The Morgan fingerprint density at radius 1 is 1.29 bits per heavy atom. The zero-order valence-corrected chi connectivity index (χ0v) is 13.8. The van der Waals surface area contributed by atoms with Gasteiger partial charge in [0.25, 0.3) is 11.6 Å². The standard InChI is InChI=1S/C16H14N4O3S/c1-9-6-13(10(2)24-9)16(21)17-15-8-14(18-19-15)11-4-3-5-12(7-11)20(22)23/h3-8H,1-2H3,(H2,17,18,19,21). The maximum Gasteiger partial charge on any atom is 0.270 e. The molecule has 0 fully saturated rings. The molecule has 0 aliphatic carbocycles. The Bertz CT molecular complexity index is 929. The summed E-state index contributed by atoms with van der Waals surface area (Å²) in [5.41, 5.74) is 1.83. The van der Waals surface area contributed by atoms with E-state index in [-0.39, 0.29) is 11.6 Å². The van der Waals surface area contributed by atoms with Gasteiger partial charge in [-0.05, 0) is 19.9 Å². The van der Waals surface area contributed by atoms with Crippen LogP contribution in [0.25, 0.3) is 11.3 Å². The molecule has 0 aliphatic heterocycles. The van der Waals surface area contributed by atoms with Crippen LogP contribution in [0.1, 0.15) is 20.1 Å². The lowest BCUT2D eigenvalue weighted by atomic mass is 10.1. The number of aromatic nitrogens is 2. The van der Waals surface area contributed by atoms with Gasteiger partial charge in [-0.15, -0.1) is 11.3 Å². The molecular weight excluding hydrogens is 328 g/mol. The lowest BCUT2D eigenvalue weighted by Gasteiger charge is -2.00. The van der Waals surface area contributed by atoms with E-state index in [2.05, 4.69) is 15.5 Å². The normalized spacial score (nSPS) is 10.6. The van der Waals surface area contributed by atoms with Gasteiger partial charge in [-0.2, -0.15) is 5.10 Å². The minimum Gasteiger partial charge on any atom is -0.305 e. The number of hydrogen-bond donors (Lipinski definition) is 2. The number of nitrogens with one attached hydrogen (secondary N) is 2. The maximum atomic E-state index is 12.3. The van der Waals surface area contributed by atoms with E-state index < -0.39 is 4.92 Å². The lowest BCUT2D eigenvalue weighted by molar-refractivity contribution is -0.384. The van der Waals surface area contributed by atoms with Crippen molar-refractivity contribution < 1.29 is 9.72 Å². The van der Waals surface area contributed by atoms with Crippen molar-refractivity contribution >= 4 is 28.7 Å². The van der Waals surface area contributed by atoms with Crippen molar-refractivity contribution in [3.63, 3.8) is 0 Å². The number of carbonyl (C=O) groups excluding carboxylic acids is 1. The molecule has 2 N–H and O–H groups in total. The third kappa shape index (κ3) is 3.18. The van der Waals surface area contributed by atoms with Crippen LogP contribution in [-0.2, 0) is 0 Å². The molecule has 3 rings (SSSR count). The van der Waals surface area contributed by atoms with Gasteiger partial charge in [0.1, 0.15) is 0 Å². The minimum absolute atomic E-state index is 0.00272. The second-order valence-corrected chi connectivity index (χ2v) is 6.72. The van der Waals surface area contributed by atoms with E-state index in [1.54, 1.807) is 29.5 Å². The fourth-order valence-electron chi connectivity index (χ4n) is 2.36. The summed E-state index contributed by atoms with van der Waals surface area (Å²) in [6.45, 7) is 3.84. The summed E-state index contributed by atoms with van der Waals surface area (Å²) in [7, 11) is 0. The van der Waals surface area contributed by atoms with Crippen molar-refractivity contribution in [1.29, 1.82) is 0 Å². The van der Waals surface area contributed by atoms with E-state index in [9.17, 15) is 14.9 Å². The number of anilines is 1. The van der Waals surface area contributed by atoms with Crippen LogP contribution in [0, 0.1) is 24.0 Å². The summed E-state index contributed by atoms with van der Waals surface area (Å²) in [5, 5.41) is 20.4. The molecule has 122 valence electrons. The molecule has 0 unspecified atom stereocenters. The predicted molar refractivity (Wildman–Crippen MR) is 92.4 cm³/mol. The Morgan fingerprint density at radius 3 is 2.75 bits per heavy atom. The first kappa shape index (κ1) is 15.9.